The molecule has 4 rings (SSSR count). The van der Waals surface area contributed by atoms with Gasteiger partial charge in [0.2, 0.25) is 5.91 Å². The largest absolute Gasteiger partial charge is 0.486 e. The lowest BCUT2D eigenvalue weighted by atomic mass is 10.1. The highest BCUT2D eigenvalue weighted by Gasteiger charge is 2.17. The van der Waals surface area contributed by atoms with Gasteiger partial charge in [0, 0.05) is 25.5 Å². The molecule has 1 aliphatic heterocycles. The number of rotatable bonds is 6. The van der Waals surface area contributed by atoms with Crippen LogP contribution in [0.5, 0.6) is 11.5 Å². The molecule has 0 unspecified atom stereocenters. The molecule has 0 aliphatic carbocycles. The average molecular weight is 396 g/mol. The van der Waals surface area contributed by atoms with Gasteiger partial charge in [-0.1, -0.05) is 12.1 Å². The first-order chi connectivity index (χ1) is 13.6. The van der Waals surface area contributed by atoms with Crippen LogP contribution in [0.1, 0.15) is 28.2 Å². The van der Waals surface area contributed by atoms with Gasteiger partial charge in [0.15, 0.2) is 17.3 Å². The summed E-state index contributed by atoms with van der Waals surface area (Å²) in [4.78, 5) is 31.1. The molecule has 0 saturated carbocycles. The van der Waals surface area contributed by atoms with Gasteiger partial charge in [0.25, 0.3) is 0 Å². The van der Waals surface area contributed by atoms with Gasteiger partial charge < -0.3 is 14.4 Å². The summed E-state index contributed by atoms with van der Waals surface area (Å²) in [6, 6.07) is 13.0. The van der Waals surface area contributed by atoms with E-state index in [1.54, 1.807) is 41.5 Å². The van der Waals surface area contributed by atoms with Crippen molar-refractivity contribution in [2.24, 2.45) is 0 Å². The molecule has 2 heterocycles. The van der Waals surface area contributed by atoms with E-state index < -0.39 is 0 Å². The molecule has 0 radical (unpaired) electrons. The van der Waals surface area contributed by atoms with E-state index in [1.165, 1.54) is 0 Å². The van der Waals surface area contributed by atoms with Gasteiger partial charge in [-0.05, 0) is 30.3 Å². The highest BCUT2D eigenvalue weighted by molar-refractivity contribution is 7.18. The predicted molar refractivity (Wildman–Crippen MR) is 107 cm³/mol. The summed E-state index contributed by atoms with van der Waals surface area (Å²) in [7, 11) is 1.74. The van der Waals surface area contributed by atoms with Gasteiger partial charge >= 0.3 is 0 Å². The zero-order valence-corrected chi connectivity index (χ0v) is 16.3. The van der Waals surface area contributed by atoms with E-state index in [-0.39, 0.29) is 24.5 Å². The Morgan fingerprint density at radius 2 is 1.86 bits per heavy atom. The molecular weight excluding hydrogens is 376 g/mol. The fourth-order valence-electron chi connectivity index (χ4n) is 3.05. The fraction of sp³-hybridized carbons (Fsp3) is 0.286. The normalized spacial score (nSPS) is 12.8. The number of hydrogen-bond donors (Lipinski definition) is 0. The van der Waals surface area contributed by atoms with Crippen LogP contribution in [-0.2, 0) is 11.3 Å². The zero-order valence-electron chi connectivity index (χ0n) is 15.5. The van der Waals surface area contributed by atoms with Crippen LogP contribution in [0.25, 0.3) is 10.2 Å². The van der Waals surface area contributed by atoms with Gasteiger partial charge in [-0.3, -0.25) is 9.59 Å². The summed E-state index contributed by atoms with van der Waals surface area (Å²) in [5, 5.41) is 0.884. The number of amides is 1. The molecule has 1 amide bonds. The lowest BCUT2D eigenvalue weighted by Crippen LogP contribution is -2.26. The SMILES string of the molecule is CN(Cc1nc2ccccc2s1)C(=O)CCC(=O)c1ccc2c(c1)OCCO2. The fourth-order valence-corrected chi connectivity index (χ4v) is 4.07. The van der Waals surface area contributed by atoms with Crippen molar-refractivity contribution in [1.29, 1.82) is 0 Å². The Labute approximate surface area is 166 Å². The number of hydrogen-bond acceptors (Lipinski definition) is 6. The Balaban J connectivity index is 1.33. The molecule has 0 fully saturated rings. The molecule has 3 aromatic rings. The second kappa shape index (κ2) is 7.98. The molecule has 7 heteroatoms. The molecule has 6 nitrogen and oxygen atoms in total. The topological polar surface area (TPSA) is 68.7 Å². The van der Waals surface area contributed by atoms with Crippen molar-refractivity contribution in [1.82, 2.24) is 9.88 Å². The van der Waals surface area contributed by atoms with Crippen molar-refractivity contribution in [2.75, 3.05) is 20.3 Å². The maximum atomic E-state index is 12.5. The number of thiazole rings is 1. The zero-order chi connectivity index (χ0) is 19.5. The van der Waals surface area contributed by atoms with E-state index in [2.05, 4.69) is 4.98 Å². The third-order valence-electron chi connectivity index (χ3n) is 4.57. The van der Waals surface area contributed by atoms with Crippen LogP contribution in [0, 0.1) is 0 Å². The minimum atomic E-state index is -0.0845. The van der Waals surface area contributed by atoms with E-state index in [4.69, 9.17) is 9.47 Å². The van der Waals surface area contributed by atoms with Crippen LogP contribution in [0.3, 0.4) is 0 Å². The van der Waals surface area contributed by atoms with Crippen molar-refractivity contribution in [3.8, 4) is 11.5 Å². The third kappa shape index (κ3) is 3.99. The van der Waals surface area contributed by atoms with E-state index in [0.717, 1.165) is 15.2 Å². The van der Waals surface area contributed by atoms with Gasteiger partial charge in [0.05, 0.1) is 16.8 Å². The van der Waals surface area contributed by atoms with Crippen LogP contribution in [0.15, 0.2) is 42.5 Å². The quantitative estimate of drug-likeness (QED) is 0.595. The summed E-state index contributed by atoms with van der Waals surface area (Å²) in [5.74, 6) is 1.06. The third-order valence-corrected chi connectivity index (χ3v) is 5.59. The number of para-hydroxylation sites is 1. The number of ketones is 1. The number of Topliss-reactive ketones (excluding diaryl/α,β-unsaturated/α-hetero) is 1. The maximum absolute atomic E-state index is 12.5. The van der Waals surface area contributed by atoms with Crippen LogP contribution in [0.4, 0.5) is 0 Å². The van der Waals surface area contributed by atoms with Gasteiger partial charge in [-0.2, -0.15) is 0 Å². The van der Waals surface area contributed by atoms with E-state index in [0.29, 0.717) is 36.8 Å². The molecule has 2 aromatic carbocycles. The van der Waals surface area contributed by atoms with E-state index >= 15 is 0 Å². The highest BCUT2D eigenvalue weighted by Crippen LogP contribution is 2.31. The molecule has 28 heavy (non-hydrogen) atoms. The van der Waals surface area contributed by atoms with Gasteiger partial charge in [-0.25, -0.2) is 4.98 Å². The number of aromatic nitrogens is 1. The first kappa shape index (κ1) is 18.4. The Kier molecular flexibility index (Phi) is 5.25. The summed E-state index contributed by atoms with van der Waals surface area (Å²) in [6.07, 6.45) is 0.317. The number of ether oxygens (including phenoxy) is 2. The molecule has 0 spiro atoms. The number of nitrogens with zero attached hydrogens (tertiary/aromatic N) is 2. The van der Waals surface area contributed by atoms with Crippen LogP contribution < -0.4 is 9.47 Å². The number of benzene rings is 2. The standard InChI is InChI=1S/C21H20N2O4S/c1-23(13-20-22-15-4-2-3-5-19(15)28-20)21(25)9-7-16(24)14-6-8-17-18(12-14)27-11-10-26-17/h2-6,8,12H,7,9-11,13H2,1H3. The second-order valence-electron chi connectivity index (χ2n) is 6.61. The molecule has 0 saturated heterocycles. The highest BCUT2D eigenvalue weighted by atomic mass is 32.1. The van der Waals surface area contributed by atoms with Crippen molar-refractivity contribution in [3.63, 3.8) is 0 Å². The summed E-state index contributed by atoms with van der Waals surface area (Å²) in [6.45, 7) is 1.42. The first-order valence-electron chi connectivity index (χ1n) is 9.11. The van der Waals surface area contributed by atoms with Crippen LogP contribution in [0.2, 0.25) is 0 Å². The summed E-state index contributed by atoms with van der Waals surface area (Å²) >= 11 is 1.58. The molecule has 0 N–H and O–H groups in total. The van der Waals surface area contributed by atoms with Crippen molar-refractivity contribution < 1.29 is 19.1 Å². The maximum Gasteiger partial charge on any atom is 0.223 e. The van der Waals surface area contributed by atoms with Gasteiger partial charge in [-0.15, -0.1) is 11.3 Å². The monoisotopic (exact) mass is 396 g/mol. The minimum absolute atomic E-state index is 0.0786. The van der Waals surface area contributed by atoms with Gasteiger partial charge in [0.1, 0.15) is 18.2 Å². The Bertz CT molecular complexity index is 997. The average Bonchev–Trinajstić information content (AvgIpc) is 3.13. The smallest absolute Gasteiger partial charge is 0.223 e. The molecule has 144 valence electrons. The number of carbonyl (C=O) groups excluding carboxylic acids is 2. The molecule has 1 aromatic heterocycles. The Morgan fingerprint density at radius 3 is 2.68 bits per heavy atom. The van der Waals surface area contributed by atoms with Crippen molar-refractivity contribution >= 4 is 33.2 Å². The van der Waals surface area contributed by atoms with Crippen molar-refractivity contribution in [2.45, 2.75) is 19.4 Å². The van der Waals surface area contributed by atoms with Crippen LogP contribution >= 0.6 is 11.3 Å². The predicted octanol–water partition coefficient (Wildman–Crippen LogP) is 3.69. The molecule has 1 aliphatic rings. The molecule has 0 bridgehead atoms. The van der Waals surface area contributed by atoms with E-state index in [9.17, 15) is 9.59 Å². The Morgan fingerprint density at radius 1 is 1.07 bits per heavy atom. The summed E-state index contributed by atoms with van der Waals surface area (Å²) in [5.41, 5.74) is 1.48. The second-order valence-corrected chi connectivity index (χ2v) is 7.72. The lowest BCUT2D eigenvalue weighted by molar-refractivity contribution is -0.130. The number of carbonyl (C=O) groups is 2. The Hall–Kier alpha value is -2.93. The summed E-state index contributed by atoms with van der Waals surface area (Å²) < 4.78 is 12.1. The minimum Gasteiger partial charge on any atom is -0.486 e. The first-order valence-corrected chi connectivity index (χ1v) is 9.93. The lowest BCUT2D eigenvalue weighted by Gasteiger charge is -2.18. The van der Waals surface area contributed by atoms with Crippen molar-refractivity contribution in [3.05, 3.63) is 53.0 Å². The number of fused-ring (bicyclic) bond motifs is 2. The molecule has 0 atom stereocenters. The molecular formula is C21H20N2O4S. The van der Waals surface area contributed by atoms with E-state index in [1.807, 2.05) is 24.3 Å². The van der Waals surface area contributed by atoms with Crippen LogP contribution in [-0.4, -0.2) is 41.8 Å².